The van der Waals surface area contributed by atoms with E-state index in [1.807, 2.05) is 12.1 Å². The van der Waals surface area contributed by atoms with Crippen molar-refractivity contribution >= 4 is 79.6 Å². The number of hydrogen-bond donors (Lipinski definition) is 0. The summed E-state index contributed by atoms with van der Waals surface area (Å²) in [5.41, 5.74) is 2.34. The molecule has 0 aliphatic carbocycles. The van der Waals surface area contributed by atoms with E-state index in [-0.39, 0.29) is 22.8 Å². The summed E-state index contributed by atoms with van der Waals surface area (Å²) in [6.45, 7) is 5.84. The van der Waals surface area contributed by atoms with Crippen LogP contribution in [-0.4, -0.2) is 72.4 Å². The lowest BCUT2D eigenvalue weighted by Gasteiger charge is -2.32. The quantitative estimate of drug-likeness (QED) is 0.0741. The molecule has 3 aromatic carbocycles. The Balaban J connectivity index is 0.972. The molecule has 0 saturated heterocycles. The molecule has 4 aliphatic rings. The summed E-state index contributed by atoms with van der Waals surface area (Å²) in [5.74, 6) is 1.75. The van der Waals surface area contributed by atoms with E-state index in [1.165, 1.54) is 34.4 Å². The summed E-state index contributed by atoms with van der Waals surface area (Å²) in [6.07, 6.45) is 8.77. The molecule has 0 saturated carbocycles. The minimum Gasteiger partial charge on any atom is -0.485 e. The van der Waals surface area contributed by atoms with Crippen LogP contribution in [0, 0.1) is 0 Å². The fourth-order valence-corrected chi connectivity index (χ4v) is 11.6. The highest BCUT2D eigenvalue weighted by molar-refractivity contribution is 8.13. The molecular weight excluding hydrogens is 821 g/mol. The Morgan fingerprint density at radius 1 is 0.600 bits per heavy atom. The van der Waals surface area contributed by atoms with E-state index in [2.05, 4.69) is 6.92 Å². The van der Waals surface area contributed by atoms with Gasteiger partial charge in [0.1, 0.15) is 26.4 Å². The van der Waals surface area contributed by atoms with E-state index in [0.29, 0.717) is 71.9 Å². The number of unbranched alkanes of at least 4 members (excludes halogenated alkanes) is 6. The maximum absolute atomic E-state index is 14.2. The van der Waals surface area contributed by atoms with Crippen LogP contribution in [0.4, 0.5) is 5.69 Å². The normalized spacial score (nSPS) is 15.4. The lowest BCUT2D eigenvalue weighted by Crippen LogP contribution is -2.43. The van der Waals surface area contributed by atoms with Gasteiger partial charge in [-0.15, -0.1) is 22.7 Å². The number of thioether (sulfide) groups is 1. The fourth-order valence-electron chi connectivity index (χ4n) is 8.39. The summed E-state index contributed by atoms with van der Waals surface area (Å²) in [6, 6.07) is 13.6. The number of ether oxygens (including phenoxy) is 4. The minimum absolute atomic E-state index is 0.0960. The van der Waals surface area contributed by atoms with Crippen LogP contribution in [0.2, 0.25) is 0 Å². The van der Waals surface area contributed by atoms with Gasteiger partial charge in [-0.05, 0) is 67.6 Å². The molecule has 60 heavy (non-hydrogen) atoms. The molecule has 0 spiro atoms. The van der Waals surface area contributed by atoms with Gasteiger partial charge in [0, 0.05) is 52.2 Å². The number of aryl methyl sites for hydroxylation is 1. The highest BCUT2D eigenvalue weighted by Crippen LogP contribution is 2.60. The van der Waals surface area contributed by atoms with Crippen LogP contribution in [0.25, 0.3) is 31.0 Å². The average Bonchev–Trinajstić information content (AvgIpc) is 3.83. The van der Waals surface area contributed by atoms with Crippen LogP contribution in [0.15, 0.2) is 48.5 Å². The Kier molecular flexibility index (Phi) is 11.4. The highest BCUT2D eigenvalue weighted by atomic mass is 32.2. The molecule has 11 nitrogen and oxygen atoms in total. The number of rotatable bonds is 15. The number of amides is 4. The van der Waals surface area contributed by atoms with E-state index in [4.69, 9.17) is 18.9 Å². The lowest BCUT2D eigenvalue weighted by atomic mass is 9.85. The molecule has 0 N–H and O–H groups in total. The third-order valence-corrected chi connectivity index (χ3v) is 14.8. The molecule has 0 unspecified atom stereocenters. The molecule has 6 heterocycles. The Labute approximate surface area is 359 Å². The number of nitrogens with zero attached hydrogens (tertiary/aromatic N) is 2. The van der Waals surface area contributed by atoms with Crippen LogP contribution >= 0.6 is 34.4 Å². The van der Waals surface area contributed by atoms with Gasteiger partial charge in [-0.1, -0.05) is 62.9 Å². The number of carbonyl (C=O) groups is 5. The van der Waals surface area contributed by atoms with Crippen LogP contribution in [-0.2, 0) is 11.2 Å². The fraction of sp³-hybridized carbons (Fsp3) is 0.370. The van der Waals surface area contributed by atoms with E-state index < -0.39 is 23.6 Å². The van der Waals surface area contributed by atoms with Gasteiger partial charge in [-0.2, -0.15) is 0 Å². The van der Waals surface area contributed by atoms with Gasteiger partial charge < -0.3 is 18.9 Å². The molecule has 4 aliphatic heterocycles. The molecule has 0 fully saturated rings. The Hall–Kier alpha value is -5.18. The van der Waals surface area contributed by atoms with Gasteiger partial charge in [-0.25, -0.2) is 4.90 Å². The Morgan fingerprint density at radius 3 is 1.72 bits per heavy atom. The highest BCUT2D eigenvalue weighted by Gasteiger charge is 2.40. The number of fused-ring (bicyclic) bond motifs is 2. The topological polar surface area (TPSA) is 129 Å². The maximum Gasteiger partial charge on any atom is 0.265 e. The third-order valence-electron chi connectivity index (χ3n) is 11.3. The smallest absolute Gasteiger partial charge is 0.265 e. The number of hydrogen-bond acceptors (Lipinski definition) is 12. The second-order valence-electron chi connectivity index (χ2n) is 15.2. The van der Waals surface area contributed by atoms with Gasteiger partial charge in [0.15, 0.2) is 28.1 Å². The third kappa shape index (κ3) is 7.15. The van der Waals surface area contributed by atoms with Gasteiger partial charge in [0.05, 0.1) is 25.2 Å². The summed E-state index contributed by atoms with van der Waals surface area (Å²) in [5, 5.41) is 0.780. The summed E-state index contributed by atoms with van der Waals surface area (Å²) >= 11 is 4.55. The summed E-state index contributed by atoms with van der Waals surface area (Å²) in [4.78, 5) is 73.5. The first-order valence-electron chi connectivity index (χ1n) is 20.7. The molecular formula is C46H44N2O9S3. The SMILES string of the molecule is CCCCCCc1sc(-c2sc(-c3ccc(N4C(=O)c5ccc6c7c(ccc(c57)C4=O)C(=O)N(CCCCCCSC(C)=O)C6=O)cc3)c3c2OCCO3)c2c1OCCO2. The molecule has 14 heteroatoms. The van der Waals surface area contributed by atoms with Crippen molar-refractivity contribution in [3.8, 4) is 43.2 Å². The first kappa shape index (κ1) is 40.2. The molecule has 9 rings (SSSR count). The zero-order valence-corrected chi connectivity index (χ0v) is 36.0. The van der Waals surface area contributed by atoms with E-state index >= 15 is 0 Å². The lowest BCUT2D eigenvalue weighted by molar-refractivity contribution is -0.109. The van der Waals surface area contributed by atoms with Crippen molar-refractivity contribution < 1.29 is 42.9 Å². The van der Waals surface area contributed by atoms with Gasteiger partial charge >= 0.3 is 0 Å². The van der Waals surface area contributed by atoms with Gasteiger partial charge in [-0.3, -0.25) is 28.9 Å². The summed E-state index contributed by atoms with van der Waals surface area (Å²) in [7, 11) is 0. The Morgan fingerprint density at radius 2 is 1.12 bits per heavy atom. The van der Waals surface area contributed by atoms with Crippen LogP contribution in [0.1, 0.15) is 112 Å². The van der Waals surface area contributed by atoms with Crippen molar-refractivity contribution in [2.75, 3.05) is 43.6 Å². The van der Waals surface area contributed by atoms with Crippen molar-refractivity contribution in [1.82, 2.24) is 4.90 Å². The van der Waals surface area contributed by atoms with Gasteiger partial charge in [0.25, 0.3) is 23.6 Å². The molecule has 0 radical (unpaired) electrons. The number of carbonyl (C=O) groups excluding carboxylic acids is 5. The predicted molar refractivity (Wildman–Crippen MR) is 235 cm³/mol. The Bertz CT molecular complexity index is 2490. The van der Waals surface area contributed by atoms with Crippen LogP contribution < -0.4 is 23.8 Å². The monoisotopic (exact) mass is 864 g/mol. The zero-order chi connectivity index (χ0) is 41.5. The van der Waals surface area contributed by atoms with Gasteiger partial charge in [0.2, 0.25) is 0 Å². The molecule has 4 amide bonds. The molecule has 0 bridgehead atoms. The van der Waals surface area contributed by atoms with Crippen LogP contribution in [0.5, 0.6) is 23.0 Å². The number of imide groups is 2. The van der Waals surface area contributed by atoms with E-state index in [0.717, 1.165) is 80.9 Å². The molecule has 310 valence electrons. The largest absolute Gasteiger partial charge is 0.485 e. The first-order chi connectivity index (χ1) is 29.3. The molecule has 5 aromatic rings. The second kappa shape index (κ2) is 17.1. The average molecular weight is 865 g/mol. The summed E-state index contributed by atoms with van der Waals surface area (Å²) < 4.78 is 24.9. The standard InChI is InChI=1S/C46H44N2O9S3/c1-3-4-5-8-11-33-36-37(55-22-21-54-36)41(59-33)42-39-38(56-23-24-57-39)40(60-42)27-12-14-28(15-13-27)48-45(52)31-18-16-29-34-30(17-19-32(35(31)34)46(48)53)44(51)47(43(29)50)20-9-6-7-10-25-58-26(2)49/h12-19H,3-11,20-25H2,1-2H3. The first-order valence-corrected chi connectivity index (χ1v) is 23.3. The number of thiophene rings is 2. The van der Waals surface area contributed by atoms with Crippen molar-refractivity contribution in [1.29, 1.82) is 0 Å². The minimum atomic E-state index is -0.531. The molecule has 0 atom stereocenters. The second-order valence-corrected chi connectivity index (χ2v) is 18.6. The molecule has 2 aromatic heterocycles. The van der Waals surface area contributed by atoms with Crippen molar-refractivity contribution in [3.63, 3.8) is 0 Å². The maximum atomic E-state index is 14.2. The zero-order valence-electron chi connectivity index (χ0n) is 33.5. The number of benzene rings is 3. The van der Waals surface area contributed by atoms with Crippen molar-refractivity contribution in [3.05, 3.63) is 75.7 Å². The predicted octanol–water partition coefficient (Wildman–Crippen LogP) is 10.2. The van der Waals surface area contributed by atoms with Crippen molar-refractivity contribution in [2.24, 2.45) is 0 Å². The van der Waals surface area contributed by atoms with Crippen molar-refractivity contribution in [2.45, 2.75) is 71.6 Å². The van der Waals surface area contributed by atoms with Crippen LogP contribution in [0.3, 0.4) is 0 Å². The van der Waals surface area contributed by atoms with E-state index in [1.54, 1.807) is 66.0 Å². The van der Waals surface area contributed by atoms with E-state index in [9.17, 15) is 24.0 Å². The number of anilines is 1.